The van der Waals surface area contributed by atoms with Gasteiger partial charge in [-0.2, -0.15) is 0 Å². The molecule has 6 heteroatoms. The number of carbonyl (C=O) groups is 2. The van der Waals surface area contributed by atoms with Gasteiger partial charge in [0.15, 0.2) is 0 Å². The molecule has 0 aliphatic carbocycles. The van der Waals surface area contributed by atoms with E-state index in [2.05, 4.69) is 69.0 Å². The van der Waals surface area contributed by atoms with Crippen LogP contribution in [0.5, 0.6) is 0 Å². The zero-order valence-electron chi connectivity index (χ0n) is 21.4. The van der Waals surface area contributed by atoms with Crippen LogP contribution in [0.3, 0.4) is 0 Å². The lowest BCUT2D eigenvalue weighted by Gasteiger charge is -2.41. The van der Waals surface area contributed by atoms with Gasteiger partial charge in [-0.25, -0.2) is 0 Å². The van der Waals surface area contributed by atoms with Crippen molar-refractivity contribution >= 4 is 17.5 Å². The number of hydrogen-bond donors (Lipinski definition) is 2. The van der Waals surface area contributed by atoms with Crippen molar-refractivity contribution in [1.29, 1.82) is 0 Å². The lowest BCUT2D eigenvalue weighted by molar-refractivity contribution is -0.128. The number of hydrogen-bond acceptors (Lipinski definition) is 4. The summed E-state index contributed by atoms with van der Waals surface area (Å²) in [6, 6.07) is 27.0. The molecule has 1 aliphatic heterocycles. The van der Waals surface area contributed by atoms with Crippen molar-refractivity contribution in [2.24, 2.45) is 0 Å². The predicted octanol–water partition coefficient (Wildman–Crippen LogP) is 4.15. The normalized spacial score (nSPS) is 15.4. The van der Waals surface area contributed by atoms with Gasteiger partial charge in [-0.1, -0.05) is 78.9 Å². The number of carbonyl (C=O) groups excluding carboxylic acids is 2. The van der Waals surface area contributed by atoms with E-state index < -0.39 is 0 Å². The topological polar surface area (TPSA) is 64.7 Å². The molecular formula is C30H36N4O2. The zero-order valence-corrected chi connectivity index (χ0v) is 21.4. The van der Waals surface area contributed by atoms with E-state index in [0.29, 0.717) is 0 Å². The molecule has 4 rings (SSSR count). The minimum Gasteiger partial charge on any atom is -0.346 e. The smallest absolute Gasteiger partial charge is 0.243 e. The third-order valence-corrected chi connectivity index (χ3v) is 7.04. The first-order valence-electron chi connectivity index (χ1n) is 12.7. The molecule has 0 bridgehead atoms. The quantitative estimate of drug-likeness (QED) is 0.504. The standard InChI is InChI=1S/C30H36N4O2/c1-22-11-10-12-23(2)28(22)32-27(35)21-31-30(36)24(3)33-17-19-34(20-18-33)29(25-13-6-4-7-14-25)26-15-8-5-9-16-26/h4-16,24,29H,17-21H2,1-3H3,(H,31,36)(H,32,35). The maximum Gasteiger partial charge on any atom is 0.243 e. The summed E-state index contributed by atoms with van der Waals surface area (Å²) < 4.78 is 0. The molecular weight excluding hydrogens is 448 g/mol. The second kappa shape index (κ2) is 12.0. The molecule has 36 heavy (non-hydrogen) atoms. The molecule has 0 aromatic heterocycles. The number of para-hydroxylation sites is 1. The highest BCUT2D eigenvalue weighted by molar-refractivity contribution is 5.96. The summed E-state index contributed by atoms with van der Waals surface area (Å²) in [5, 5.41) is 5.75. The monoisotopic (exact) mass is 484 g/mol. The maximum absolute atomic E-state index is 12.8. The lowest BCUT2D eigenvalue weighted by Crippen LogP contribution is -2.55. The first kappa shape index (κ1) is 25.6. The van der Waals surface area contributed by atoms with Gasteiger partial charge in [-0.15, -0.1) is 0 Å². The minimum absolute atomic E-state index is 0.0407. The predicted molar refractivity (Wildman–Crippen MR) is 145 cm³/mol. The molecule has 1 atom stereocenters. The van der Waals surface area contributed by atoms with Crippen molar-refractivity contribution in [1.82, 2.24) is 15.1 Å². The number of nitrogens with zero attached hydrogens (tertiary/aromatic N) is 2. The van der Waals surface area contributed by atoms with Crippen molar-refractivity contribution in [2.45, 2.75) is 32.9 Å². The summed E-state index contributed by atoms with van der Waals surface area (Å²) in [5.41, 5.74) is 5.37. The van der Waals surface area contributed by atoms with Crippen LogP contribution in [0.15, 0.2) is 78.9 Å². The van der Waals surface area contributed by atoms with Crippen LogP contribution in [0.4, 0.5) is 5.69 Å². The van der Waals surface area contributed by atoms with Crippen molar-refractivity contribution in [3.8, 4) is 0 Å². The van der Waals surface area contributed by atoms with Crippen LogP contribution in [0.2, 0.25) is 0 Å². The van der Waals surface area contributed by atoms with Gasteiger partial charge in [0.2, 0.25) is 11.8 Å². The minimum atomic E-state index is -0.299. The van der Waals surface area contributed by atoms with Gasteiger partial charge in [0.25, 0.3) is 0 Å². The van der Waals surface area contributed by atoms with Crippen molar-refractivity contribution in [3.05, 3.63) is 101 Å². The summed E-state index contributed by atoms with van der Waals surface area (Å²) in [5.74, 6) is -0.339. The Kier molecular flexibility index (Phi) is 8.52. The van der Waals surface area contributed by atoms with Crippen LogP contribution >= 0.6 is 0 Å². The molecule has 1 heterocycles. The molecule has 3 aromatic rings. The molecule has 1 saturated heterocycles. The molecule has 0 spiro atoms. The van der Waals surface area contributed by atoms with Crippen LogP contribution in [0.1, 0.15) is 35.2 Å². The first-order chi connectivity index (χ1) is 17.4. The van der Waals surface area contributed by atoms with E-state index in [1.165, 1.54) is 11.1 Å². The van der Waals surface area contributed by atoms with Gasteiger partial charge in [-0.05, 0) is 43.0 Å². The zero-order chi connectivity index (χ0) is 25.5. The number of amides is 2. The van der Waals surface area contributed by atoms with Crippen LogP contribution in [-0.4, -0.2) is 60.4 Å². The number of rotatable bonds is 8. The number of aryl methyl sites for hydroxylation is 2. The van der Waals surface area contributed by atoms with Gasteiger partial charge in [0.05, 0.1) is 18.6 Å². The van der Waals surface area contributed by atoms with E-state index in [4.69, 9.17) is 0 Å². The molecule has 2 amide bonds. The van der Waals surface area contributed by atoms with E-state index >= 15 is 0 Å². The first-order valence-corrected chi connectivity index (χ1v) is 12.7. The van der Waals surface area contributed by atoms with E-state index in [0.717, 1.165) is 43.0 Å². The Morgan fingerprint density at radius 2 is 1.25 bits per heavy atom. The summed E-state index contributed by atoms with van der Waals surface area (Å²) in [7, 11) is 0. The number of anilines is 1. The fourth-order valence-electron chi connectivity index (χ4n) is 4.94. The highest BCUT2D eigenvalue weighted by Gasteiger charge is 2.30. The SMILES string of the molecule is Cc1cccc(C)c1NC(=O)CNC(=O)C(C)N1CCN(C(c2ccccc2)c2ccccc2)CC1. The van der Waals surface area contributed by atoms with Crippen LogP contribution in [-0.2, 0) is 9.59 Å². The summed E-state index contributed by atoms with van der Waals surface area (Å²) >= 11 is 0. The lowest BCUT2D eigenvalue weighted by atomic mass is 9.96. The second-order valence-electron chi connectivity index (χ2n) is 9.50. The Bertz CT molecular complexity index is 1100. The van der Waals surface area contributed by atoms with E-state index in [1.807, 2.05) is 51.1 Å². The van der Waals surface area contributed by atoms with Gasteiger partial charge in [-0.3, -0.25) is 19.4 Å². The highest BCUT2D eigenvalue weighted by atomic mass is 16.2. The Hall–Kier alpha value is -3.48. The van der Waals surface area contributed by atoms with Crippen molar-refractivity contribution < 1.29 is 9.59 Å². The molecule has 1 fully saturated rings. The Morgan fingerprint density at radius 1 is 0.750 bits per heavy atom. The van der Waals surface area contributed by atoms with E-state index in [-0.39, 0.29) is 30.4 Å². The number of benzene rings is 3. The Labute approximate surface area is 214 Å². The third-order valence-electron chi connectivity index (χ3n) is 7.04. The van der Waals surface area contributed by atoms with Crippen LogP contribution in [0.25, 0.3) is 0 Å². The van der Waals surface area contributed by atoms with Crippen molar-refractivity contribution in [2.75, 3.05) is 38.0 Å². The second-order valence-corrected chi connectivity index (χ2v) is 9.50. The van der Waals surface area contributed by atoms with Crippen molar-refractivity contribution in [3.63, 3.8) is 0 Å². The molecule has 2 N–H and O–H groups in total. The molecule has 0 radical (unpaired) electrons. The van der Waals surface area contributed by atoms with E-state index in [9.17, 15) is 9.59 Å². The summed E-state index contributed by atoms with van der Waals surface area (Å²) in [6.45, 7) is 9.10. The van der Waals surface area contributed by atoms with E-state index in [1.54, 1.807) is 0 Å². The Morgan fingerprint density at radius 3 is 1.78 bits per heavy atom. The van der Waals surface area contributed by atoms with Crippen LogP contribution in [0, 0.1) is 13.8 Å². The molecule has 188 valence electrons. The molecule has 1 aliphatic rings. The maximum atomic E-state index is 12.8. The average molecular weight is 485 g/mol. The number of nitrogens with one attached hydrogen (secondary N) is 2. The summed E-state index contributed by atoms with van der Waals surface area (Å²) in [4.78, 5) is 30.0. The largest absolute Gasteiger partial charge is 0.346 e. The average Bonchev–Trinajstić information content (AvgIpc) is 2.91. The number of piperazine rings is 1. The molecule has 1 unspecified atom stereocenters. The highest BCUT2D eigenvalue weighted by Crippen LogP contribution is 2.29. The fraction of sp³-hybridized carbons (Fsp3) is 0.333. The van der Waals surface area contributed by atoms with Gasteiger partial charge < -0.3 is 10.6 Å². The van der Waals surface area contributed by atoms with Crippen LogP contribution < -0.4 is 10.6 Å². The molecule has 3 aromatic carbocycles. The fourth-order valence-corrected chi connectivity index (χ4v) is 4.94. The van der Waals surface area contributed by atoms with Gasteiger partial charge in [0, 0.05) is 31.9 Å². The molecule has 6 nitrogen and oxygen atoms in total. The van der Waals surface area contributed by atoms with Gasteiger partial charge >= 0.3 is 0 Å². The van der Waals surface area contributed by atoms with Gasteiger partial charge in [0.1, 0.15) is 0 Å². The summed E-state index contributed by atoms with van der Waals surface area (Å²) in [6.07, 6.45) is 0. The third kappa shape index (κ3) is 6.20. The Balaban J connectivity index is 1.31. The molecule has 0 saturated carbocycles.